The maximum atomic E-state index is 10.5. The second kappa shape index (κ2) is 5.52. The highest BCUT2D eigenvalue weighted by molar-refractivity contribution is 7.81. The van der Waals surface area contributed by atoms with E-state index in [1.807, 2.05) is 0 Å². The lowest BCUT2D eigenvalue weighted by atomic mass is 10.2. The van der Waals surface area contributed by atoms with Gasteiger partial charge in [-0.15, -0.1) is 0 Å². The van der Waals surface area contributed by atoms with Crippen LogP contribution in [-0.4, -0.2) is 26.0 Å². The minimum absolute atomic E-state index is 0.109. The molecule has 0 amide bonds. The van der Waals surface area contributed by atoms with Crippen LogP contribution in [0.25, 0.3) is 6.08 Å². The summed E-state index contributed by atoms with van der Waals surface area (Å²) in [7, 11) is -3.40. The standard InChI is InChI=1S/C10H9O7S/c1-16-9(10(11)12)6-7-2-4-8(5-3-7)17-18(13,14)15/h2-6H,1H3,(H,13,14,15)/b9-6-. The summed E-state index contributed by atoms with van der Waals surface area (Å²) in [5.74, 6) is -1.96. The molecule has 18 heavy (non-hydrogen) atoms. The second-order valence-electron chi connectivity index (χ2n) is 3.08. The van der Waals surface area contributed by atoms with E-state index in [9.17, 15) is 18.3 Å². The van der Waals surface area contributed by atoms with Crippen LogP contribution >= 0.6 is 0 Å². The fraction of sp³-hybridized carbons (Fsp3) is 0.100. The fourth-order valence-corrected chi connectivity index (χ4v) is 1.45. The van der Waals surface area contributed by atoms with E-state index in [0.29, 0.717) is 5.56 Å². The Bertz CT molecular complexity index is 556. The van der Waals surface area contributed by atoms with E-state index in [4.69, 9.17) is 4.55 Å². The number of carbonyl (C=O) groups excluding carboxylic acids is 1. The Hall–Kier alpha value is -2.06. The quantitative estimate of drug-likeness (QED) is 0.483. The molecule has 7 nitrogen and oxygen atoms in total. The molecule has 1 aromatic rings. The molecular formula is C10H9O7S. The lowest BCUT2D eigenvalue weighted by Gasteiger charge is -2.02. The minimum Gasteiger partial charge on any atom is -0.490 e. The highest BCUT2D eigenvalue weighted by Crippen LogP contribution is 2.16. The van der Waals surface area contributed by atoms with Crippen molar-refractivity contribution in [1.82, 2.24) is 0 Å². The van der Waals surface area contributed by atoms with Gasteiger partial charge in [-0.25, -0.2) is 9.90 Å². The second-order valence-corrected chi connectivity index (χ2v) is 4.10. The Balaban J connectivity index is 2.93. The van der Waals surface area contributed by atoms with Gasteiger partial charge in [-0.05, 0) is 23.8 Å². The molecule has 1 aromatic carbocycles. The number of rotatable bonds is 5. The third kappa shape index (κ3) is 4.44. The predicted octanol–water partition coefficient (Wildman–Crippen LogP) is 0.813. The molecule has 0 fully saturated rings. The van der Waals surface area contributed by atoms with Gasteiger partial charge < -0.3 is 8.92 Å². The monoisotopic (exact) mass is 273 g/mol. The van der Waals surface area contributed by atoms with Crippen molar-refractivity contribution in [3.05, 3.63) is 35.6 Å². The molecule has 0 spiro atoms. The highest BCUT2D eigenvalue weighted by atomic mass is 32.3. The molecule has 0 aliphatic rings. The molecule has 0 unspecified atom stereocenters. The normalized spacial score (nSPS) is 12.0. The van der Waals surface area contributed by atoms with Crippen molar-refractivity contribution in [3.63, 3.8) is 0 Å². The van der Waals surface area contributed by atoms with Gasteiger partial charge in [0.1, 0.15) is 5.75 Å². The van der Waals surface area contributed by atoms with Gasteiger partial charge in [-0.1, -0.05) is 12.1 Å². The average molecular weight is 273 g/mol. The van der Waals surface area contributed by atoms with Crippen LogP contribution in [0.5, 0.6) is 5.75 Å². The van der Waals surface area contributed by atoms with E-state index < -0.39 is 16.4 Å². The van der Waals surface area contributed by atoms with Gasteiger partial charge in [0.15, 0.2) is 0 Å². The average Bonchev–Trinajstić information content (AvgIpc) is 2.25. The van der Waals surface area contributed by atoms with Crippen LogP contribution in [0.3, 0.4) is 0 Å². The zero-order valence-electron chi connectivity index (χ0n) is 9.19. The Labute approximate surface area is 103 Å². The lowest BCUT2D eigenvalue weighted by Crippen LogP contribution is -2.06. The van der Waals surface area contributed by atoms with Crippen molar-refractivity contribution < 1.29 is 31.8 Å². The molecule has 0 aliphatic carbocycles. The first-order chi connectivity index (χ1) is 8.31. The Morgan fingerprint density at radius 2 is 1.83 bits per heavy atom. The van der Waals surface area contributed by atoms with Crippen LogP contribution in [0.4, 0.5) is 0 Å². The number of benzene rings is 1. The van der Waals surface area contributed by atoms with E-state index in [2.05, 4.69) is 8.92 Å². The van der Waals surface area contributed by atoms with Crippen LogP contribution < -0.4 is 4.18 Å². The highest BCUT2D eigenvalue weighted by Gasteiger charge is 2.10. The Morgan fingerprint density at radius 1 is 1.28 bits per heavy atom. The number of hydrogen-bond acceptors (Lipinski definition) is 5. The van der Waals surface area contributed by atoms with Gasteiger partial charge in [-0.2, -0.15) is 8.42 Å². The number of methoxy groups -OCH3 is 1. The third-order valence-corrected chi connectivity index (χ3v) is 2.20. The summed E-state index contributed by atoms with van der Waals surface area (Å²) in [6.45, 7) is 0. The molecule has 1 radical (unpaired) electrons. The van der Waals surface area contributed by atoms with E-state index in [1.165, 1.54) is 37.5 Å². The smallest absolute Gasteiger partial charge is 0.446 e. The van der Waals surface area contributed by atoms with Gasteiger partial charge in [0.25, 0.3) is 0 Å². The third-order valence-electron chi connectivity index (χ3n) is 1.80. The van der Waals surface area contributed by atoms with Gasteiger partial charge in [-0.3, -0.25) is 4.55 Å². The van der Waals surface area contributed by atoms with Crippen LogP contribution in [0.1, 0.15) is 5.56 Å². The maximum Gasteiger partial charge on any atom is 0.446 e. The Kier molecular flexibility index (Phi) is 4.29. The number of hydrogen-bond donors (Lipinski definition) is 1. The summed E-state index contributed by atoms with van der Waals surface area (Å²) in [5.41, 5.74) is 0.429. The maximum absolute atomic E-state index is 10.5. The molecule has 0 aromatic heterocycles. The molecule has 1 rings (SSSR count). The van der Waals surface area contributed by atoms with Crippen LogP contribution in [0.2, 0.25) is 0 Å². The predicted molar refractivity (Wildman–Crippen MR) is 59.3 cm³/mol. The van der Waals surface area contributed by atoms with Crippen molar-refractivity contribution in [1.29, 1.82) is 0 Å². The van der Waals surface area contributed by atoms with Crippen LogP contribution in [0, 0.1) is 0 Å². The molecule has 0 saturated carbocycles. The van der Waals surface area contributed by atoms with E-state index in [0.717, 1.165) is 0 Å². The van der Waals surface area contributed by atoms with Crippen LogP contribution in [0.15, 0.2) is 30.0 Å². The zero-order valence-corrected chi connectivity index (χ0v) is 10.0. The first kappa shape index (κ1) is 14.0. The van der Waals surface area contributed by atoms with Crippen molar-refractivity contribution in [3.8, 4) is 5.75 Å². The summed E-state index contributed by atoms with van der Waals surface area (Å²) >= 11 is 0. The lowest BCUT2D eigenvalue weighted by molar-refractivity contribution is -0.141. The summed E-state index contributed by atoms with van der Waals surface area (Å²) in [6, 6.07) is 5.23. The molecule has 0 heterocycles. The van der Waals surface area contributed by atoms with Crippen molar-refractivity contribution >= 4 is 22.4 Å². The SMILES string of the molecule is CO/C(=C\c1ccc(OS(=O)(=O)O)cc1)C([O])=O. The van der Waals surface area contributed by atoms with Crippen molar-refractivity contribution in [2.24, 2.45) is 0 Å². The molecule has 0 bridgehead atoms. The first-order valence-corrected chi connectivity index (χ1v) is 5.92. The number of ether oxygens (including phenoxy) is 1. The van der Waals surface area contributed by atoms with E-state index >= 15 is 0 Å². The topological polar surface area (TPSA) is 110 Å². The molecule has 1 N–H and O–H groups in total. The Morgan fingerprint density at radius 3 is 2.22 bits per heavy atom. The number of carbonyl (C=O) groups is 1. The molecule has 0 aliphatic heterocycles. The van der Waals surface area contributed by atoms with Gasteiger partial charge >= 0.3 is 16.4 Å². The molecule has 97 valence electrons. The van der Waals surface area contributed by atoms with Crippen LogP contribution in [-0.2, 0) is 25.0 Å². The van der Waals surface area contributed by atoms with Gasteiger partial charge in [0.2, 0.25) is 5.76 Å². The summed E-state index contributed by atoms with van der Waals surface area (Å²) in [5, 5.41) is 10.5. The first-order valence-electron chi connectivity index (χ1n) is 4.56. The minimum atomic E-state index is -4.58. The summed E-state index contributed by atoms with van der Waals surface area (Å²) < 4.78 is 38.0. The van der Waals surface area contributed by atoms with Crippen molar-refractivity contribution in [2.45, 2.75) is 0 Å². The van der Waals surface area contributed by atoms with E-state index in [-0.39, 0.29) is 11.5 Å². The molecule has 0 atom stereocenters. The fourth-order valence-electron chi connectivity index (χ4n) is 1.09. The summed E-state index contributed by atoms with van der Waals surface area (Å²) in [4.78, 5) is 10.5. The molecule has 8 heteroatoms. The molecule has 0 saturated heterocycles. The van der Waals surface area contributed by atoms with Gasteiger partial charge in [0, 0.05) is 0 Å². The van der Waals surface area contributed by atoms with Crippen molar-refractivity contribution in [2.75, 3.05) is 7.11 Å². The molecular weight excluding hydrogens is 264 g/mol. The largest absolute Gasteiger partial charge is 0.490 e. The van der Waals surface area contributed by atoms with E-state index in [1.54, 1.807) is 0 Å². The summed E-state index contributed by atoms with van der Waals surface area (Å²) in [6.07, 6.45) is 1.19. The zero-order chi connectivity index (χ0) is 13.8. The van der Waals surface area contributed by atoms with Gasteiger partial charge in [0.05, 0.1) is 7.11 Å².